The fourth-order valence-electron chi connectivity index (χ4n) is 4.20. The molecule has 24 heavy (non-hydrogen) atoms. The van der Waals surface area contributed by atoms with Gasteiger partial charge in [0.05, 0.1) is 11.4 Å². The van der Waals surface area contributed by atoms with Crippen molar-refractivity contribution in [2.45, 2.75) is 70.8 Å². The van der Waals surface area contributed by atoms with Crippen LogP contribution in [0, 0.1) is 5.92 Å². The van der Waals surface area contributed by atoms with Crippen LogP contribution in [0.25, 0.3) is 0 Å². The highest BCUT2D eigenvalue weighted by atomic mass is 15.1. The van der Waals surface area contributed by atoms with E-state index in [9.17, 15) is 0 Å². The van der Waals surface area contributed by atoms with Crippen molar-refractivity contribution >= 4 is 11.4 Å². The number of hydrogen-bond acceptors (Lipinski definition) is 3. The highest BCUT2D eigenvalue weighted by molar-refractivity contribution is 5.68. The SMILES string of the molecule is CC1CCN(c2ccc(CCCNC3CCCCC3)cc2N)CC1. The van der Waals surface area contributed by atoms with E-state index in [1.165, 1.54) is 62.6 Å². The second-order valence-corrected chi connectivity index (χ2v) is 7.96. The minimum absolute atomic E-state index is 0.771. The van der Waals surface area contributed by atoms with Gasteiger partial charge in [0.1, 0.15) is 0 Å². The lowest BCUT2D eigenvalue weighted by Crippen LogP contribution is -2.33. The third-order valence-electron chi connectivity index (χ3n) is 5.90. The number of nitrogen functional groups attached to an aromatic ring is 1. The van der Waals surface area contributed by atoms with Crippen LogP contribution < -0.4 is 16.0 Å². The van der Waals surface area contributed by atoms with E-state index in [0.717, 1.165) is 43.7 Å². The maximum absolute atomic E-state index is 6.35. The van der Waals surface area contributed by atoms with Gasteiger partial charge in [0, 0.05) is 19.1 Å². The quantitative estimate of drug-likeness (QED) is 0.602. The summed E-state index contributed by atoms with van der Waals surface area (Å²) in [4.78, 5) is 2.46. The monoisotopic (exact) mass is 329 g/mol. The van der Waals surface area contributed by atoms with Gasteiger partial charge in [-0.15, -0.1) is 0 Å². The van der Waals surface area contributed by atoms with Crippen LogP contribution in [0.5, 0.6) is 0 Å². The molecule has 0 atom stereocenters. The molecule has 0 amide bonds. The molecule has 1 saturated heterocycles. The number of nitrogens with zero attached hydrogens (tertiary/aromatic N) is 1. The molecular weight excluding hydrogens is 294 g/mol. The van der Waals surface area contributed by atoms with E-state index in [1.54, 1.807) is 0 Å². The summed E-state index contributed by atoms with van der Waals surface area (Å²) in [6, 6.07) is 7.50. The van der Waals surface area contributed by atoms with Crippen LogP contribution in [-0.2, 0) is 6.42 Å². The molecule has 134 valence electrons. The number of nitrogens with two attached hydrogens (primary N) is 1. The molecule has 1 aliphatic heterocycles. The smallest absolute Gasteiger partial charge is 0.0600 e. The minimum atomic E-state index is 0.771. The van der Waals surface area contributed by atoms with Crippen LogP contribution in [0.1, 0.15) is 63.9 Å². The van der Waals surface area contributed by atoms with Gasteiger partial charge >= 0.3 is 0 Å². The van der Waals surface area contributed by atoms with E-state index in [2.05, 4.69) is 35.3 Å². The van der Waals surface area contributed by atoms with Gasteiger partial charge < -0.3 is 16.0 Å². The lowest BCUT2D eigenvalue weighted by molar-refractivity contribution is 0.372. The molecule has 3 N–H and O–H groups in total. The van der Waals surface area contributed by atoms with Crippen molar-refractivity contribution in [1.29, 1.82) is 0 Å². The minimum Gasteiger partial charge on any atom is -0.397 e. The molecule has 0 radical (unpaired) electrons. The van der Waals surface area contributed by atoms with Gasteiger partial charge in [0.25, 0.3) is 0 Å². The van der Waals surface area contributed by atoms with Crippen molar-refractivity contribution in [3.05, 3.63) is 23.8 Å². The fraction of sp³-hybridized carbons (Fsp3) is 0.714. The summed E-state index contributed by atoms with van der Waals surface area (Å²) in [6.07, 6.45) is 11.9. The molecule has 3 rings (SSSR count). The lowest BCUT2D eigenvalue weighted by atomic mass is 9.95. The van der Waals surface area contributed by atoms with Crippen molar-refractivity contribution in [2.24, 2.45) is 5.92 Å². The number of rotatable bonds is 6. The van der Waals surface area contributed by atoms with E-state index in [4.69, 9.17) is 5.73 Å². The van der Waals surface area contributed by atoms with Gasteiger partial charge in [0.15, 0.2) is 0 Å². The highest BCUT2D eigenvalue weighted by Gasteiger charge is 2.17. The van der Waals surface area contributed by atoms with Crippen LogP contribution in [0.4, 0.5) is 11.4 Å². The molecule has 1 aliphatic carbocycles. The van der Waals surface area contributed by atoms with Gasteiger partial charge in [-0.25, -0.2) is 0 Å². The molecular formula is C21H35N3. The normalized spacial score (nSPS) is 20.5. The first-order valence-electron chi connectivity index (χ1n) is 10.1. The molecule has 3 heteroatoms. The average Bonchev–Trinajstić information content (AvgIpc) is 2.61. The third kappa shape index (κ3) is 4.89. The third-order valence-corrected chi connectivity index (χ3v) is 5.90. The zero-order valence-corrected chi connectivity index (χ0v) is 15.4. The van der Waals surface area contributed by atoms with Gasteiger partial charge in [0.2, 0.25) is 0 Å². The van der Waals surface area contributed by atoms with E-state index >= 15 is 0 Å². The molecule has 0 unspecified atom stereocenters. The number of anilines is 2. The van der Waals surface area contributed by atoms with E-state index < -0.39 is 0 Å². The van der Waals surface area contributed by atoms with Crippen LogP contribution in [0.3, 0.4) is 0 Å². The average molecular weight is 330 g/mol. The van der Waals surface area contributed by atoms with E-state index in [0.29, 0.717) is 0 Å². The first-order chi connectivity index (χ1) is 11.7. The Kier molecular flexibility index (Phi) is 6.42. The van der Waals surface area contributed by atoms with Crippen LogP contribution in [0.15, 0.2) is 18.2 Å². The molecule has 1 saturated carbocycles. The molecule has 0 aromatic heterocycles. The van der Waals surface area contributed by atoms with Crippen molar-refractivity contribution in [1.82, 2.24) is 5.32 Å². The molecule has 2 aliphatic rings. The zero-order valence-electron chi connectivity index (χ0n) is 15.4. The van der Waals surface area contributed by atoms with Gasteiger partial charge in [-0.1, -0.05) is 32.3 Å². The lowest BCUT2D eigenvalue weighted by Gasteiger charge is -2.33. The molecule has 1 aromatic rings. The van der Waals surface area contributed by atoms with Crippen LogP contribution in [-0.4, -0.2) is 25.7 Å². The van der Waals surface area contributed by atoms with Crippen molar-refractivity contribution < 1.29 is 0 Å². The maximum Gasteiger partial charge on any atom is 0.0600 e. The predicted molar refractivity (Wildman–Crippen MR) is 105 cm³/mol. The van der Waals surface area contributed by atoms with Crippen molar-refractivity contribution in [2.75, 3.05) is 30.3 Å². The van der Waals surface area contributed by atoms with Crippen molar-refractivity contribution in [3.8, 4) is 0 Å². The predicted octanol–water partition coefficient (Wildman–Crippen LogP) is 4.36. The largest absolute Gasteiger partial charge is 0.397 e. The number of hydrogen-bond donors (Lipinski definition) is 2. The summed E-state index contributed by atoms with van der Waals surface area (Å²) in [5, 5.41) is 3.73. The summed E-state index contributed by atoms with van der Waals surface area (Å²) in [5.41, 5.74) is 9.93. The number of aryl methyl sites for hydroxylation is 1. The molecule has 1 heterocycles. The van der Waals surface area contributed by atoms with Gasteiger partial charge in [-0.2, -0.15) is 0 Å². The summed E-state index contributed by atoms with van der Waals surface area (Å²) >= 11 is 0. The van der Waals surface area contributed by atoms with Gasteiger partial charge in [-0.3, -0.25) is 0 Å². The Morgan fingerprint density at radius 1 is 1.08 bits per heavy atom. The fourth-order valence-corrected chi connectivity index (χ4v) is 4.20. The molecule has 0 bridgehead atoms. The Balaban J connectivity index is 1.44. The molecule has 1 aromatic carbocycles. The Hall–Kier alpha value is -1.22. The summed E-state index contributed by atoms with van der Waals surface area (Å²) in [6.45, 7) is 5.79. The van der Waals surface area contributed by atoms with Crippen molar-refractivity contribution in [3.63, 3.8) is 0 Å². The molecule has 0 spiro atoms. The second kappa shape index (κ2) is 8.75. The number of piperidine rings is 1. The molecule has 2 fully saturated rings. The van der Waals surface area contributed by atoms with Crippen LogP contribution in [0.2, 0.25) is 0 Å². The van der Waals surface area contributed by atoms with E-state index in [1.807, 2.05) is 0 Å². The number of benzene rings is 1. The number of nitrogens with one attached hydrogen (secondary N) is 1. The Labute approximate surface area is 148 Å². The summed E-state index contributed by atoms with van der Waals surface area (Å²) < 4.78 is 0. The zero-order chi connectivity index (χ0) is 16.8. The molecule has 3 nitrogen and oxygen atoms in total. The second-order valence-electron chi connectivity index (χ2n) is 7.96. The maximum atomic E-state index is 6.35. The summed E-state index contributed by atoms with van der Waals surface area (Å²) in [7, 11) is 0. The first-order valence-corrected chi connectivity index (χ1v) is 10.1. The Bertz CT molecular complexity index is 500. The first kappa shape index (κ1) is 17.6. The topological polar surface area (TPSA) is 41.3 Å². The van der Waals surface area contributed by atoms with E-state index in [-0.39, 0.29) is 0 Å². The Morgan fingerprint density at radius 3 is 2.54 bits per heavy atom. The Morgan fingerprint density at radius 2 is 1.83 bits per heavy atom. The van der Waals surface area contributed by atoms with Gasteiger partial charge in [-0.05, 0) is 68.7 Å². The van der Waals surface area contributed by atoms with Crippen LogP contribution >= 0.6 is 0 Å². The highest BCUT2D eigenvalue weighted by Crippen LogP contribution is 2.29. The summed E-state index contributed by atoms with van der Waals surface area (Å²) in [5.74, 6) is 0.860. The standard InChI is InChI=1S/C21H35N3/c1-17-11-14-24(15-12-17)21-10-9-18(16-20(21)22)6-5-13-23-19-7-3-2-4-8-19/h9-10,16-17,19,23H,2-8,11-15,22H2,1H3.